The summed E-state index contributed by atoms with van der Waals surface area (Å²) in [4.78, 5) is 0. The fraction of sp³-hybridized carbons (Fsp3) is 0.333. The van der Waals surface area contributed by atoms with Crippen LogP contribution in [0.4, 0.5) is 0 Å². The van der Waals surface area contributed by atoms with Crippen LogP contribution in [0.1, 0.15) is 37.2 Å². The van der Waals surface area contributed by atoms with Crippen LogP contribution < -0.4 is 9.47 Å². The third kappa shape index (κ3) is 4.00. The first-order valence-corrected chi connectivity index (χ1v) is 7.47. The molecule has 118 valence electrons. The van der Waals surface area contributed by atoms with E-state index in [0.29, 0.717) is 24.3 Å². The molecular formula is C18H22O4. The Bertz CT molecular complexity index is 509. The standard InChI is InChI=1S/C18H22O4/c1-3-21-15-9-5-13(6-10-15)17(19)18(20)14-7-11-16(12-8-14)22-4-2/h5-12,17-20H,3-4H2,1-2H3. The van der Waals surface area contributed by atoms with Gasteiger partial charge in [-0.2, -0.15) is 0 Å². The minimum absolute atomic E-state index is 0.594. The van der Waals surface area contributed by atoms with Gasteiger partial charge in [0.05, 0.1) is 13.2 Å². The zero-order valence-electron chi connectivity index (χ0n) is 12.9. The summed E-state index contributed by atoms with van der Waals surface area (Å²) in [5, 5.41) is 20.6. The van der Waals surface area contributed by atoms with Crippen molar-refractivity contribution in [2.24, 2.45) is 0 Å². The van der Waals surface area contributed by atoms with Crippen molar-refractivity contribution in [3.8, 4) is 11.5 Å². The maximum atomic E-state index is 10.3. The average molecular weight is 302 g/mol. The van der Waals surface area contributed by atoms with Gasteiger partial charge in [-0.25, -0.2) is 0 Å². The molecule has 2 unspecified atom stereocenters. The number of benzene rings is 2. The zero-order chi connectivity index (χ0) is 15.9. The first-order valence-electron chi connectivity index (χ1n) is 7.47. The molecule has 0 aromatic heterocycles. The molecule has 0 aliphatic rings. The van der Waals surface area contributed by atoms with Crippen molar-refractivity contribution < 1.29 is 19.7 Å². The molecule has 0 amide bonds. The molecule has 0 fully saturated rings. The third-order valence-corrected chi connectivity index (χ3v) is 3.36. The summed E-state index contributed by atoms with van der Waals surface area (Å²) in [6.07, 6.45) is -1.98. The maximum absolute atomic E-state index is 10.3. The number of aliphatic hydroxyl groups excluding tert-OH is 2. The molecule has 4 heteroatoms. The van der Waals surface area contributed by atoms with Gasteiger partial charge in [-0.1, -0.05) is 24.3 Å². The highest BCUT2D eigenvalue weighted by molar-refractivity contribution is 5.33. The maximum Gasteiger partial charge on any atom is 0.119 e. The van der Waals surface area contributed by atoms with E-state index in [0.717, 1.165) is 11.5 Å². The molecule has 22 heavy (non-hydrogen) atoms. The van der Waals surface area contributed by atoms with Crippen molar-refractivity contribution in [2.45, 2.75) is 26.1 Å². The Morgan fingerprint density at radius 2 is 1.00 bits per heavy atom. The molecule has 0 aliphatic carbocycles. The molecule has 2 atom stereocenters. The van der Waals surface area contributed by atoms with E-state index in [9.17, 15) is 10.2 Å². The molecule has 2 aromatic carbocycles. The number of rotatable bonds is 7. The van der Waals surface area contributed by atoms with Gasteiger partial charge in [0.1, 0.15) is 23.7 Å². The topological polar surface area (TPSA) is 58.9 Å². The summed E-state index contributed by atoms with van der Waals surface area (Å²) in [5.41, 5.74) is 1.29. The Morgan fingerprint density at radius 3 is 1.27 bits per heavy atom. The van der Waals surface area contributed by atoms with Crippen molar-refractivity contribution in [2.75, 3.05) is 13.2 Å². The Kier molecular flexibility index (Phi) is 5.81. The Labute approximate surface area is 130 Å². The van der Waals surface area contributed by atoms with Gasteiger partial charge in [-0.05, 0) is 49.2 Å². The van der Waals surface area contributed by atoms with E-state index in [1.54, 1.807) is 48.5 Å². The minimum atomic E-state index is -0.992. The number of hydrogen-bond donors (Lipinski definition) is 2. The van der Waals surface area contributed by atoms with Crippen molar-refractivity contribution in [1.82, 2.24) is 0 Å². The lowest BCUT2D eigenvalue weighted by atomic mass is 9.98. The SMILES string of the molecule is CCOc1ccc(C(O)C(O)c2ccc(OCC)cc2)cc1. The summed E-state index contributed by atoms with van der Waals surface area (Å²) in [7, 11) is 0. The third-order valence-electron chi connectivity index (χ3n) is 3.36. The van der Waals surface area contributed by atoms with Crippen molar-refractivity contribution in [1.29, 1.82) is 0 Å². The van der Waals surface area contributed by atoms with E-state index in [1.165, 1.54) is 0 Å². The highest BCUT2D eigenvalue weighted by Crippen LogP contribution is 2.30. The summed E-state index contributed by atoms with van der Waals surface area (Å²) in [6, 6.07) is 14.2. The number of aliphatic hydroxyl groups is 2. The van der Waals surface area contributed by atoms with Crippen LogP contribution in [-0.4, -0.2) is 23.4 Å². The molecule has 0 saturated heterocycles. The molecular weight excluding hydrogens is 280 g/mol. The van der Waals surface area contributed by atoms with Gasteiger partial charge in [-0.3, -0.25) is 0 Å². The number of ether oxygens (including phenoxy) is 2. The quantitative estimate of drug-likeness (QED) is 0.824. The fourth-order valence-corrected chi connectivity index (χ4v) is 2.22. The summed E-state index contributed by atoms with van der Waals surface area (Å²) >= 11 is 0. The normalized spacial score (nSPS) is 13.5. The predicted octanol–water partition coefficient (Wildman–Crippen LogP) is 3.25. The van der Waals surface area contributed by atoms with E-state index in [4.69, 9.17) is 9.47 Å². The monoisotopic (exact) mass is 302 g/mol. The van der Waals surface area contributed by atoms with E-state index in [1.807, 2.05) is 13.8 Å². The molecule has 0 spiro atoms. The molecule has 2 rings (SSSR count). The van der Waals surface area contributed by atoms with Gasteiger partial charge < -0.3 is 19.7 Å². The van der Waals surface area contributed by atoms with Gasteiger partial charge in [0.25, 0.3) is 0 Å². The van der Waals surface area contributed by atoms with E-state index >= 15 is 0 Å². The second-order valence-corrected chi connectivity index (χ2v) is 4.89. The minimum Gasteiger partial charge on any atom is -0.494 e. The molecule has 2 N–H and O–H groups in total. The molecule has 4 nitrogen and oxygen atoms in total. The second-order valence-electron chi connectivity index (χ2n) is 4.89. The summed E-state index contributed by atoms with van der Waals surface area (Å²) < 4.78 is 10.7. The molecule has 0 radical (unpaired) electrons. The largest absolute Gasteiger partial charge is 0.494 e. The van der Waals surface area contributed by atoms with Crippen molar-refractivity contribution in [3.05, 3.63) is 59.7 Å². The second kappa shape index (κ2) is 7.82. The van der Waals surface area contributed by atoms with Crippen LogP contribution in [0.25, 0.3) is 0 Å². The molecule has 0 aliphatic heterocycles. The molecule has 0 saturated carbocycles. The van der Waals surface area contributed by atoms with Crippen LogP contribution in [0.15, 0.2) is 48.5 Å². The molecule has 2 aromatic rings. The lowest BCUT2D eigenvalue weighted by Gasteiger charge is -2.19. The van der Waals surface area contributed by atoms with Crippen LogP contribution >= 0.6 is 0 Å². The van der Waals surface area contributed by atoms with E-state index < -0.39 is 12.2 Å². The smallest absolute Gasteiger partial charge is 0.119 e. The van der Waals surface area contributed by atoms with Crippen LogP contribution in [0.3, 0.4) is 0 Å². The highest BCUT2D eigenvalue weighted by atomic mass is 16.5. The lowest BCUT2D eigenvalue weighted by molar-refractivity contribution is 0.0172. The van der Waals surface area contributed by atoms with Crippen LogP contribution in [0, 0.1) is 0 Å². The van der Waals surface area contributed by atoms with E-state index in [2.05, 4.69) is 0 Å². The van der Waals surface area contributed by atoms with Crippen molar-refractivity contribution >= 4 is 0 Å². The van der Waals surface area contributed by atoms with Crippen molar-refractivity contribution in [3.63, 3.8) is 0 Å². The zero-order valence-corrected chi connectivity index (χ0v) is 12.9. The summed E-state index contributed by atoms with van der Waals surface area (Å²) in [6.45, 7) is 5.02. The first kappa shape index (κ1) is 16.3. The average Bonchev–Trinajstić information content (AvgIpc) is 2.55. The predicted molar refractivity (Wildman–Crippen MR) is 85.1 cm³/mol. The Morgan fingerprint density at radius 1 is 0.682 bits per heavy atom. The van der Waals surface area contributed by atoms with Crippen LogP contribution in [0.5, 0.6) is 11.5 Å². The fourth-order valence-electron chi connectivity index (χ4n) is 2.22. The Balaban J connectivity index is 2.08. The van der Waals surface area contributed by atoms with Gasteiger partial charge >= 0.3 is 0 Å². The van der Waals surface area contributed by atoms with Gasteiger partial charge in [0.15, 0.2) is 0 Å². The lowest BCUT2D eigenvalue weighted by Crippen LogP contribution is -2.10. The van der Waals surface area contributed by atoms with Crippen LogP contribution in [0.2, 0.25) is 0 Å². The van der Waals surface area contributed by atoms with E-state index in [-0.39, 0.29) is 0 Å². The summed E-state index contributed by atoms with van der Waals surface area (Å²) in [5.74, 6) is 1.49. The van der Waals surface area contributed by atoms with Gasteiger partial charge in [-0.15, -0.1) is 0 Å². The molecule has 0 bridgehead atoms. The highest BCUT2D eigenvalue weighted by Gasteiger charge is 2.20. The van der Waals surface area contributed by atoms with Gasteiger partial charge in [0.2, 0.25) is 0 Å². The van der Waals surface area contributed by atoms with Gasteiger partial charge in [0, 0.05) is 0 Å². The Hall–Kier alpha value is -2.04. The molecule has 0 heterocycles. The number of hydrogen-bond acceptors (Lipinski definition) is 4. The first-order chi connectivity index (χ1) is 10.7. The van der Waals surface area contributed by atoms with Crippen LogP contribution in [-0.2, 0) is 0 Å².